The van der Waals surface area contributed by atoms with E-state index in [-0.39, 0.29) is 11.2 Å². The van der Waals surface area contributed by atoms with Crippen molar-refractivity contribution in [3.05, 3.63) is 66.4 Å². The molecule has 32 heavy (non-hydrogen) atoms. The summed E-state index contributed by atoms with van der Waals surface area (Å²) in [7, 11) is 3.17. The molecule has 0 radical (unpaired) electrons. The van der Waals surface area contributed by atoms with Crippen molar-refractivity contribution in [1.82, 2.24) is 15.3 Å². The van der Waals surface area contributed by atoms with Crippen LogP contribution in [-0.2, 0) is 11.3 Å². The highest BCUT2D eigenvalue weighted by atomic mass is 32.2. The van der Waals surface area contributed by atoms with Gasteiger partial charge >= 0.3 is 0 Å². The molecule has 0 spiro atoms. The minimum absolute atomic E-state index is 0.0907. The first-order valence-corrected chi connectivity index (χ1v) is 10.9. The summed E-state index contributed by atoms with van der Waals surface area (Å²) in [5, 5.41) is 4.24. The third-order valence-corrected chi connectivity index (χ3v) is 5.98. The molecule has 1 amide bonds. The van der Waals surface area contributed by atoms with Crippen LogP contribution >= 0.6 is 11.8 Å². The van der Waals surface area contributed by atoms with Crippen LogP contribution in [0.2, 0.25) is 0 Å². The number of nitrogens with one attached hydrogen (secondary N) is 1. The Morgan fingerprint density at radius 1 is 1.06 bits per heavy atom. The van der Waals surface area contributed by atoms with Crippen LogP contribution in [0, 0.1) is 0 Å². The van der Waals surface area contributed by atoms with E-state index in [2.05, 4.69) is 15.3 Å². The molecular formula is C24H23N3O4S. The van der Waals surface area contributed by atoms with E-state index in [0.29, 0.717) is 29.6 Å². The van der Waals surface area contributed by atoms with E-state index in [9.17, 15) is 4.79 Å². The molecule has 1 unspecified atom stereocenters. The summed E-state index contributed by atoms with van der Waals surface area (Å²) in [4.78, 5) is 22.1. The number of hydrogen-bond donors (Lipinski definition) is 1. The molecule has 0 aliphatic heterocycles. The van der Waals surface area contributed by atoms with E-state index in [1.54, 1.807) is 26.5 Å². The highest BCUT2D eigenvalue weighted by Crippen LogP contribution is 2.31. The van der Waals surface area contributed by atoms with Gasteiger partial charge in [-0.05, 0) is 42.8 Å². The van der Waals surface area contributed by atoms with Gasteiger partial charge in [-0.3, -0.25) is 4.79 Å². The Morgan fingerprint density at radius 3 is 2.62 bits per heavy atom. The summed E-state index contributed by atoms with van der Waals surface area (Å²) in [6.45, 7) is 2.24. The number of nitrogens with zero attached hydrogens (tertiary/aromatic N) is 2. The van der Waals surface area contributed by atoms with Crippen molar-refractivity contribution < 1.29 is 18.7 Å². The van der Waals surface area contributed by atoms with Crippen LogP contribution in [0.25, 0.3) is 22.5 Å². The number of rotatable bonds is 8. The summed E-state index contributed by atoms with van der Waals surface area (Å²) < 4.78 is 16.1. The summed E-state index contributed by atoms with van der Waals surface area (Å²) in [6, 6.07) is 16.9. The Labute approximate surface area is 190 Å². The number of ether oxygens (including phenoxy) is 2. The maximum atomic E-state index is 12.8. The third kappa shape index (κ3) is 4.70. The third-order valence-electron chi connectivity index (χ3n) is 4.88. The normalized spacial score (nSPS) is 11.8. The zero-order valence-electron chi connectivity index (χ0n) is 18.0. The molecule has 0 bridgehead atoms. The predicted octanol–water partition coefficient (Wildman–Crippen LogP) is 4.70. The number of carbonyl (C=O) groups is 1. The smallest absolute Gasteiger partial charge is 0.233 e. The Hall–Kier alpha value is -3.52. The average molecular weight is 450 g/mol. The van der Waals surface area contributed by atoms with Crippen LogP contribution in [0.3, 0.4) is 0 Å². The Bertz CT molecular complexity index is 1230. The number of benzene rings is 2. The molecule has 164 valence electrons. The lowest BCUT2D eigenvalue weighted by molar-refractivity contribution is -0.120. The minimum Gasteiger partial charge on any atom is -0.493 e. The van der Waals surface area contributed by atoms with Crippen molar-refractivity contribution in [3.8, 4) is 23.1 Å². The molecule has 0 fully saturated rings. The largest absolute Gasteiger partial charge is 0.493 e. The molecule has 1 N–H and O–H groups in total. The lowest BCUT2D eigenvalue weighted by Gasteiger charge is -2.14. The van der Waals surface area contributed by atoms with Gasteiger partial charge < -0.3 is 19.2 Å². The molecule has 0 aliphatic carbocycles. The van der Waals surface area contributed by atoms with Crippen LogP contribution in [0.5, 0.6) is 11.5 Å². The number of aromatic nitrogens is 2. The fourth-order valence-corrected chi connectivity index (χ4v) is 4.16. The molecule has 4 aromatic rings. The predicted molar refractivity (Wildman–Crippen MR) is 124 cm³/mol. The van der Waals surface area contributed by atoms with Gasteiger partial charge in [0.2, 0.25) is 5.91 Å². The summed E-state index contributed by atoms with van der Waals surface area (Å²) in [5.41, 5.74) is 1.72. The number of hydrogen-bond acceptors (Lipinski definition) is 7. The number of carbonyl (C=O) groups excluding carboxylic acids is 1. The van der Waals surface area contributed by atoms with Gasteiger partial charge in [-0.1, -0.05) is 36.0 Å². The molecule has 2 aromatic heterocycles. The van der Waals surface area contributed by atoms with Gasteiger partial charge in [-0.15, -0.1) is 0 Å². The fraction of sp³-hybridized carbons (Fsp3) is 0.208. The van der Waals surface area contributed by atoms with Crippen molar-refractivity contribution in [2.24, 2.45) is 0 Å². The summed E-state index contributed by atoms with van der Waals surface area (Å²) in [5.74, 6) is 2.26. The zero-order valence-corrected chi connectivity index (χ0v) is 18.8. The Balaban J connectivity index is 1.50. The molecule has 2 heterocycles. The summed E-state index contributed by atoms with van der Waals surface area (Å²) >= 11 is 1.39. The van der Waals surface area contributed by atoms with Crippen LogP contribution in [0.15, 0.2) is 70.3 Å². The molecule has 0 saturated carbocycles. The highest BCUT2D eigenvalue weighted by molar-refractivity contribution is 8.00. The second kappa shape index (κ2) is 9.74. The van der Waals surface area contributed by atoms with Gasteiger partial charge in [0, 0.05) is 11.9 Å². The van der Waals surface area contributed by atoms with E-state index in [1.807, 2.05) is 55.5 Å². The van der Waals surface area contributed by atoms with Crippen LogP contribution < -0.4 is 14.8 Å². The molecule has 0 saturated heterocycles. The van der Waals surface area contributed by atoms with Crippen LogP contribution in [-0.4, -0.2) is 35.3 Å². The summed E-state index contributed by atoms with van der Waals surface area (Å²) in [6.07, 6.45) is 1.59. The molecule has 2 aromatic carbocycles. The molecule has 4 rings (SSSR count). The average Bonchev–Trinajstić information content (AvgIpc) is 3.37. The quantitative estimate of drug-likeness (QED) is 0.308. The second-order valence-electron chi connectivity index (χ2n) is 7.01. The van der Waals surface area contributed by atoms with Crippen molar-refractivity contribution in [3.63, 3.8) is 0 Å². The number of methoxy groups -OCH3 is 2. The number of para-hydroxylation sites is 1. The molecule has 0 aliphatic rings. The van der Waals surface area contributed by atoms with Crippen LogP contribution in [0.4, 0.5) is 0 Å². The van der Waals surface area contributed by atoms with Gasteiger partial charge in [-0.25, -0.2) is 9.97 Å². The van der Waals surface area contributed by atoms with Gasteiger partial charge in [0.05, 0.1) is 31.2 Å². The van der Waals surface area contributed by atoms with Crippen molar-refractivity contribution in [1.29, 1.82) is 0 Å². The van der Waals surface area contributed by atoms with Crippen LogP contribution in [0.1, 0.15) is 12.5 Å². The number of thioether (sulfide) groups is 1. The first-order chi connectivity index (χ1) is 15.6. The van der Waals surface area contributed by atoms with E-state index < -0.39 is 0 Å². The Morgan fingerprint density at radius 2 is 1.88 bits per heavy atom. The lowest BCUT2D eigenvalue weighted by Crippen LogP contribution is -2.30. The van der Waals surface area contributed by atoms with Crippen molar-refractivity contribution in [2.45, 2.75) is 23.7 Å². The number of amides is 1. The minimum atomic E-state index is -0.363. The monoisotopic (exact) mass is 449 g/mol. The second-order valence-corrected chi connectivity index (χ2v) is 8.34. The molecule has 7 nitrogen and oxygen atoms in total. The first-order valence-electron chi connectivity index (χ1n) is 10.0. The molecule has 8 heteroatoms. The van der Waals surface area contributed by atoms with E-state index in [1.165, 1.54) is 11.8 Å². The van der Waals surface area contributed by atoms with E-state index in [4.69, 9.17) is 13.9 Å². The fourth-order valence-electron chi connectivity index (χ4n) is 3.20. The van der Waals surface area contributed by atoms with Gasteiger partial charge in [0.15, 0.2) is 23.1 Å². The van der Waals surface area contributed by atoms with E-state index in [0.717, 1.165) is 21.5 Å². The molecular weight excluding hydrogens is 426 g/mol. The Kier molecular flexibility index (Phi) is 6.61. The number of furan rings is 1. The van der Waals surface area contributed by atoms with Gasteiger partial charge in [0.25, 0.3) is 0 Å². The SMILES string of the molecule is COc1ccc(CNC(=O)C(C)Sc2nc(-c3ccco3)nc3ccccc23)cc1OC. The van der Waals surface area contributed by atoms with Crippen molar-refractivity contribution in [2.75, 3.05) is 14.2 Å². The zero-order chi connectivity index (χ0) is 22.5. The van der Waals surface area contributed by atoms with Gasteiger partial charge in [0.1, 0.15) is 5.03 Å². The molecule has 1 atom stereocenters. The highest BCUT2D eigenvalue weighted by Gasteiger charge is 2.19. The van der Waals surface area contributed by atoms with E-state index >= 15 is 0 Å². The first kappa shape index (κ1) is 21.7. The van der Waals surface area contributed by atoms with Gasteiger partial charge in [-0.2, -0.15) is 0 Å². The topological polar surface area (TPSA) is 86.5 Å². The standard InChI is InChI=1S/C24H23N3O4S/c1-15(23(28)25-14-16-10-11-19(29-2)21(13-16)30-3)32-24-17-7-4-5-8-18(17)26-22(27-24)20-9-6-12-31-20/h4-13,15H,14H2,1-3H3,(H,25,28). The maximum absolute atomic E-state index is 12.8. The number of fused-ring (bicyclic) bond motifs is 1. The lowest BCUT2D eigenvalue weighted by atomic mass is 10.2. The van der Waals surface area contributed by atoms with Crippen molar-refractivity contribution >= 4 is 28.6 Å². The maximum Gasteiger partial charge on any atom is 0.233 e.